The van der Waals surface area contributed by atoms with Gasteiger partial charge in [0.2, 0.25) is 0 Å². The summed E-state index contributed by atoms with van der Waals surface area (Å²) < 4.78 is 35.9. The summed E-state index contributed by atoms with van der Waals surface area (Å²) in [5.74, 6) is -0.219. The van der Waals surface area contributed by atoms with E-state index in [1.807, 2.05) is 0 Å². The van der Waals surface area contributed by atoms with Gasteiger partial charge < -0.3 is 18.8 Å². The van der Waals surface area contributed by atoms with E-state index >= 15 is 0 Å². The van der Waals surface area contributed by atoms with Crippen LogP contribution in [0.4, 0.5) is 5.69 Å². The lowest BCUT2D eigenvalue weighted by Gasteiger charge is -2.25. The van der Waals surface area contributed by atoms with Crippen molar-refractivity contribution in [3.05, 3.63) is 74.6 Å². The Bertz CT molecular complexity index is 1290. The largest absolute Gasteiger partial charge is 0.422 e. The van der Waals surface area contributed by atoms with Crippen molar-refractivity contribution in [1.82, 2.24) is 0 Å². The molecule has 3 rings (SSSR count). The molecule has 0 unspecified atom stereocenters. The molecule has 2 aromatic carbocycles. The molecule has 10 nitrogen and oxygen atoms in total. The molecule has 0 saturated heterocycles. The molecule has 0 saturated carbocycles. The third-order valence-corrected chi connectivity index (χ3v) is 5.85. The number of nitro benzene ring substituents is 1. The van der Waals surface area contributed by atoms with E-state index in [9.17, 15) is 33.5 Å². The highest BCUT2D eigenvalue weighted by Crippen LogP contribution is 2.32. The molecule has 0 fully saturated rings. The van der Waals surface area contributed by atoms with Crippen LogP contribution in [0.5, 0.6) is 5.75 Å². The first-order valence-corrected chi connectivity index (χ1v) is 10.4. The lowest BCUT2D eigenvalue weighted by molar-refractivity contribution is -0.384. The average molecular weight is 449 g/mol. The molecule has 1 aromatic heterocycles. The summed E-state index contributed by atoms with van der Waals surface area (Å²) in [6.07, 6.45) is -1.62. The molecule has 0 amide bonds. The quantitative estimate of drug-likeness (QED) is 0.239. The maximum Gasteiger partial charge on any atom is 0.339 e. The van der Waals surface area contributed by atoms with E-state index in [4.69, 9.17) is 8.60 Å². The minimum absolute atomic E-state index is 0.00667. The molecule has 0 aliphatic heterocycles. The molecule has 0 spiro atoms. The highest BCUT2D eigenvalue weighted by atomic mass is 32.2. The number of hydrogen-bond donors (Lipinski definition) is 2. The minimum atomic E-state index is -4.41. The van der Waals surface area contributed by atoms with Gasteiger partial charge in [-0.15, -0.1) is 0 Å². The number of aliphatic hydroxyl groups excluding tert-OH is 1. The average Bonchev–Trinajstić information content (AvgIpc) is 2.69. The van der Waals surface area contributed by atoms with Crippen LogP contribution >= 0.6 is 0 Å². The fourth-order valence-corrected chi connectivity index (χ4v) is 3.75. The van der Waals surface area contributed by atoms with Crippen LogP contribution in [0.1, 0.15) is 19.4 Å². The molecule has 0 bridgehead atoms. The van der Waals surface area contributed by atoms with E-state index in [2.05, 4.69) is 0 Å². The summed E-state index contributed by atoms with van der Waals surface area (Å²) in [7, 11) is -4.41. The lowest BCUT2D eigenvalue weighted by Crippen LogP contribution is -2.37. The summed E-state index contributed by atoms with van der Waals surface area (Å²) >= 11 is 0. The molecule has 11 heteroatoms. The fraction of sp³-hybridized carbons (Fsp3) is 0.250. The highest BCUT2D eigenvalue weighted by molar-refractivity contribution is 7.87. The van der Waals surface area contributed by atoms with E-state index in [-0.39, 0.29) is 33.9 Å². The highest BCUT2D eigenvalue weighted by Gasteiger charge is 2.29. The number of nitro groups is 1. The summed E-state index contributed by atoms with van der Waals surface area (Å²) in [6.45, 7) is 2.74. The second-order valence-electron chi connectivity index (χ2n) is 7.38. The Balaban J connectivity index is 2.09. The number of benzene rings is 2. The van der Waals surface area contributed by atoms with Crippen LogP contribution in [0.3, 0.4) is 0 Å². The fourth-order valence-electron chi connectivity index (χ4n) is 2.79. The SMILES string of the molecule is CC(C)(O)[C@@H](O)Cc1c(OS(=O)(=O)c2ccc([N+](=O)[O-])cc2)ccc2ccc(=O)oc12. The van der Waals surface area contributed by atoms with Crippen molar-refractivity contribution >= 4 is 26.8 Å². The molecule has 1 atom stereocenters. The van der Waals surface area contributed by atoms with Gasteiger partial charge in [0.05, 0.1) is 16.6 Å². The van der Waals surface area contributed by atoms with Gasteiger partial charge in [0.1, 0.15) is 16.2 Å². The number of hydrogen-bond acceptors (Lipinski definition) is 9. The zero-order valence-electron chi connectivity index (χ0n) is 16.5. The number of non-ortho nitro benzene ring substituents is 1. The Hall–Kier alpha value is -3.28. The molecule has 31 heavy (non-hydrogen) atoms. The molecular formula is C20H19NO9S. The Morgan fingerprint density at radius 2 is 1.74 bits per heavy atom. The predicted octanol–water partition coefficient (Wildman–Crippen LogP) is 2.14. The first-order chi connectivity index (χ1) is 14.4. The van der Waals surface area contributed by atoms with Gasteiger partial charge in [0.25, 0.3) is 5.69 Å². The maximum absolute atomic E-state index is 12.7. The van der Waals surface area contributed by atoms with Crippen LogP contribution < -0.4 is 9.81 Å². The third-order valence-electron chi connectivity index (χ3n) is 4.60. The van der Waals surface area contributed by atoms with E-state index in [1.165, 1.54) is 38.1 Å². The first-order valence-electron chi connectivity index (χ1n) is 9.03. The molecule has 164 valence electrons. The van der Waals surface area contributed by atoms with Crippen molar-refractivity contribution in [1.29, 1.82) is 0 Å². The smallest absolute Gasteiger partial charge is 0.339 e. The van der Waals surface area contributed by atoms with Crippen molar-refractivity contribution in [2.45, 2.75) is 36.9 Å². The van der Waals surface area contributed by atoms with Gasteiger partial charge in [-0.05, 0) is 44.2 Å². The molecule has 3 aromatic rings. The van der Waals surface area contributed by atoms with E-state index < -0.39 is 32.4 Å². The summed E-state index contributed by atoms with van der Waals surface area (Å²) in [4.78, 5) is 21.5. The molecule has 2 N–H and O–H groups in total. The van der Waals surface area contributed by atoms with Crippen LogP contribution in [0.25, 0.3) is 11.0 Å². The van der Waals surface area contributed by atoms with Crippen molar-refractivity contribution in [2.24, 2.45) is 0 Å². The van der Waals surface area contributed by atoms with Crippen molar-refractivity contribution in [3.8, 4) is 5.75 Å². The van der Waals surface area contributed by atoms with E-state index in [0.717, 1.165) is 24.3 Å². The number of rotatable bonds is 7. The molecule has 0 radical (unpaired) electrons. The van der Waals surface area contributed by atoms with Gasteiger partial charge in [-0.2, -0.15) is 8.42 Å². The first kappa shape index (κ1) is 22.4. The van der Waals surface area contributed by atoms with Gasteiger partial charge in [-0.25, -0.2) is 4.79 Å². The normalized spacial score (nSPS) is 13.2. The zero-order valence-corrected chi connectivity index (χ0v) is 17.3. The Labute approximate surface area is 176 Å². The zero-order chi connectivity index (χ0) is 23.0. The maximum atomic E-state index is 12.7. The molecule has 0 aliphatic carbocycles. The Morgan fingerprint density at radius 1 is 1.13 bits per heavy atom. The topological polar surface area (TPSA) is 157 Å². The van der Waals surface area contributed by atoms with Crippen molar-refractivity contribution in [3.63, 3.8) is 0 Å². The van der Waals surface area contributed by atoms with Crippen molar-refractivity contribution < 1.29 is 32.2 Å². The molecular weight excluding hydrogens is 430 g/mol. The van der Waals surface area contributed by atoms with Gasteiger partial charge in [0, 0.05) is 35.6 Å². The summed E-state index contributed by atoms with van der Waals surface area (Å²) in [5.41, 5.74) is -2.45. The van der Waals surface area contributed by atoms with Crippen LogP contribution in [-0.4, -0.2) is 35.3 Å². The molecule has 1 heterocycles. The van der Waals surface area contributed by atoms with Crippen LogP contribution in [0.15, 0.2) is 62.6 Å². The van der Waals surface area contributed by atoms with Gasteiger partial charge in [0.15, 0.2) is 0 Å². The Morgan fingerprint density at radius 3 is 2.32 bits per heavy atom. The van der Waals surface area contributed by atoms with Gasteiger partial charge >= 0.3 is 15.7 Å². The predicted molar refractivity (Wildman–Crippen MR) is 109 cm³/mol. The summed E-state index contributed by atoms with van der Waals surface area (Å²) in [5, 5.41) is 31.7. The minimum Gasteiger partial charge on any atom is -0.422 e. The van der Waals surface area contributed by atoms with Gasteiger partial charge in [-0.3, -0.25) is 10.1 Å². The number of aliphatic hydroxyl groups is 2. The second kappa shape index (κ2) is 8.10. The summed E-state index contributed by atoms with van der Waals surface area (Å²) in [6, 6.07) is 9.56. The molecule has 0 aliphatic rings. The number of nitrogens with zero attached hydrogens (tertiary/aromatic N) is 1. The van der Waals surface area contributed by atoms with E-state index in [0.29, 0.717) is 5.39 Å². The van der Waals surface area contributed by atoms with Crippen LogP contribution in [-0.2, 0) is 16.5 Å². The van der Waals surface area contributed by atoms with Crippen LogP contribution in [0.2, 0.25) is 0 Å². The lowest BCUT2D eigenvalue weighted by atomic mass is 9.94. The van der Waals surface area contributed by atoms with Gasteiger partial charge in [-0.1, -0.05) is 0 Å². The monoisotopic (exact) mass is 449 g/mol. The second-order valence-corrected chi connectivity index (χ2v) is 8.92. The Kier molecular flexibility index (Phi) is 5.85. The third kappa shape index (κ3) is 4.90. The van der Waals surface area contributed by atoms with E-state index in [1.54, 1.807) is 0 Å². The van der Waals surface area contributed by atoms with Crippen LogP contribution in [0, 0.1) is 10.1 Å². The standard InChI is InChI=1S/C20H19NO9S/c1-20(2,24)17(22)11-15-16(9-3-12-4-10-18(23)29-19(12)15)30-31(27,28)14-7-5-13(6-8-14)21(25)26/h3-10,17,22,24H,11H2,1-2H3/t17-/m0/s1. The van der Waals surface area contributed by atoms with Crippen molar-refractivity contribution in [2.75, 3.05) is 0 Å². The number of fused-ring (bicyclic) bond motifs is 1.